The number of aliphatic hydroxyl groups excluding tert-OH is 1. The van der Waals surface area contributed by atoms with Crippen LogP contribution in [0.5, 0.6) is 0 Å². The van der Waals surface area contributed by atoms with Crippen molar-refractivity contribution in [2.45, 2.75) is 44.2 Å². The fourth-order valence-corrected chi connectivity index (χ4v) is 3.55. The Hall–Kier alpha value is -0.390. The predicted octanol–water partition coefficient (Wildman–Crippen LogP) is 2.47. The van der Waals surface area contributed by atoms with Crippen molar-refractivity contribution in [2.75, 3.05) is 0 Å². The van der Waals surface area contributed by atoms with E-state index in [2.05, 4.69) is 21.2 Å². The Kier molecular flexibility index (Phi) is 4.59. The summed E-state index contributed by atoms with van der Waals surface area (Å²) in [5, 5.41) is 14.4. The van der Waals surface area contributed by atoms with Crippen LogP contribution in [0.25, 0.3) is 0 Å². The summed E-state index contributed by atoms with van der Waals surface area (Å²) in [6.07, 6.45) is 3.67. The van der Waals surface area contributed by atoms with Gasteiger partial charge in [0.2, 0.25) is 5.91 Å². The van der Waals surface area contributed by atoms with Gasteiger partial charge in [0.05, 0.1) is 12.5 Å². The van der Waals surface area contributed by atoms with Gasteiger partial charge in [0.15, 0.2) is 0 Å². The molecule has 0 aromatic carbocycles. The fourth-order valence-electron chi connectivity index (χ4n) is 2.10. The number of hydrogen-bond donors (Lipinski definition) is 2. The van der Waals surface area contributed by atoms with Crippen LogP contribution < -0.4 is 5.32 Å². The summed E-state index contributed by atoms with van der Waals surface area (Å²) < 4.78 is 1.03. The van der Waals surface area contributed by atoms with Gasteiger partial charge in [0, 0.05) is 20.8 Å². The van der Waals surface area contributed by atoms with Gasteiger partial charge in [-0.25, -0.2) is 0 Å². The van der Waals surface area contributed by atoms with Gasteiger partial charge < -0.3 is 10.4 Å². The molecule has 1 aromatic rings. The van der Waals surface area contributed by atoms with Gasteiger partial charge >= 0.3 is 0 Å². The number of hydrogen-bond acceptors (Lipinski definition) is 3. The van der Waals surface area contributed by atoms with Crippen LogP contribution in [0, 0.1) is 0 Å². The summed E-state index contributed by atoms with van der Waals surface area (Å²) in [6.45, 7) is 0. The van der Waals surface area contributed by atoms with Crippen molar-refractivity contribution in [2.24, 2.45) is 0 Å². The second kappa shape index (κ2) is 5.98. The Morgan fingerprint density at radius 3 is 2.76 bits per heavy atom. The molecule has 3 nitrogen and oxygen atoms in total. The second-order valence-electron chi connectivity index (χ2n) is 4.48. The molecule has 1 fully saturated rings. The van der Waals surface area contributed by atoms with Gasteiger partial charge in [0.1, 0.15) is 0 Å². The van der Waals surface area contributed by atoms with Crippen LogP contribution in [0.2, 0.25) is 0 Å². The number of carbonyl (C=O) groups is 1. The summed E-state index contributed by atoms with van der Waals surface area (Å²) in [7, 11) is 0. The van der Waals surface area contributed by atoms with Gasteiger partial charge in [0.25, 0.3) is 0 Å². The second-order valence-corrected chi connectivity index (χ2v) is 6.39. The molecular weight excluding hydrogens is 302 g/mol. The first kappa shape index (κ1) is 13.1. The van der Waals surface area contributed by atoms with E-state index in [1.54, 1.807) is 11.3 Å². The predicted molar refractivity (Wildman–Crippen MR) is 72.1 cm³/mol. The van der Waals surface area contributed by atoms with Crippen molar-refractivity contribution in [1.29, 1.82) is 0 Å². The minimum absolute atomic E-state index is 0.0840. The summed E-state index contributed by atoms with van der Waals surface area (Å²) in [5.41, 5.74) is 0. The lowest BCUT2D eigenvalue weighted by atomic mass is 9.93. The molecule has 0 bridgehead atoms. The highest BCUT2D eigenvalue weighted by Crippen LogP contribution is 2.21. The van der Waals surface area contributed by atoms with Crippen molar-refractivity contribution in [3.05, 3.63) is 20.8 Å². The Balaban J connectivity index is 1.77. The minimum atomic E-state index is -0.170. The van der Waals surface area contributed by atoms with E-state index in [4.69, 9.17) is 0 Å². The smallest absolute Gasteiger partial charge is 0.225 e. The highest BCUT2D eigenvalue weighted by atomic mass is 79.9. The molecule has 1 aromatic heterocycles. The van der Waals surface area contributed by atoms with E-state index in [9.17, 15) is 9.90 Å². The highest BCUT2D eigenvalue weighted by molar-refractivity contribution is 9.10. The number of halogens is 1. The van der Waals surface area contributed by atoms with Crippen molar-refractivity contribution in [1.82, 2.24) is 5.32 Å². The lowest BCUT2D eigenvalue weighted by molar-refractivity contribution is -0.121. The van der Waals surface area contributed by atoms with E-state index in [-0.39, 0.29) is 18.1 Å². The average Bonchev–Trinajstić information content (AvgIpc) is 2.67. The van der Waals surface area contributed by atoms with Crippen molar-refractivity contribution < 1.29 is 9.90 Å². The third-order valence-corrected chi connectivity index (χ3v) is 4.72. The number of thiophene rings is 1. The third kappa shape index (κ3) is 4.08. The van der Waals surface area contributed by atoms with Gasteiger partial charge in [-0.15, -0.1) is 11.3 Å². The summed E-state index contributed by atoms with van der Waals surface area (Å²) in [5.74, 6) is 0.0840. The van der Waals surface area contributed by atoms with Crippen molar-refractivity contribution in [3.63, 3.8) is 0 Å². The average molecular weight is 318 g/mol. The molecule has 0 spiro atoms. The zero-order valence-corrected chi connectivity index (χ0v) is 11.9. The van der Waals surface area contributed by atoms with Gasteiger partial charge in [-0.1, -0.05) is 0 Å². The molecule has 1 aliphatic rings. The van der Waals surface area contributed by atoms with E-state index in [1.807, 2.05) is 11.4 Å². The molecule has 0 radical (unpaired) electrons. The number of amides is 1. The summed E-state index contributed by atoms with van der Waals surface area (Å²) >= 11 is 4.97. The molecule has 0 atom stereocenters. The van der Waals surface area contributed by atoms with Crippen LogP contribution in [0.4, 0.5) is 0 Å². The van der Waals surface area contributed by atoms with E-state index in [1.165, 1.54) is 0 Å². The molecule has 0 saturated heterocycles. The molecule has 1 heterocycles. The lowest BCUT2D eigenvalue weighted by Gasteiger charge is -2.26. The highest BCUT2D eigenvalue weighted by Gasteiger charge is 2.20. The molecule has 17 heavy (non-hydrogen) atoms. The molecule has 2 rings (SSSR count). The molecule has 94 valence electrons. The summed E-state index contributed by atoms with van der Waals surface area (Å²) in [6, 6.07) is 2.23. The van der Waals surface area contributed by atoms with Crippen molar-refractivity contribution >= 4 is 33.2 Å². The molecule has 0 aliphatic heterocycles. The zero-order chi connectivity index (χ0) is 12.3. The van der Waals surface area contributed by atoms with Gasteiger partial charge in [-0.05, 0) is 47.7 Å². The topological polar surface area (TPSA) is 49.3 Å². The molecule has 1 amide bonds. The zero-order valence-electron chi connectivity index (χ0n) is 9.49. The van der Waals surface area contributed by atoms with Crippen LogP contribution in [0.3, 0.4) is 0 Å². The van der Waals surface area contributed by atoms with E-state index < -0.39 is 0 Å². The first-order chi connectivity index (χ1) is 8.13. The number of nitrogens with one attached hydrogen (secondary N) is 1. The van der Waals surface area contributed by atoms with E-state index >= 15 is 0 Å². The molecule has 2 N–H and O–H groups in total. The Bertz CT molecular complexity index is 386. The van der Waals surface area contributed by atoms with Crippen LogP contribution >= 0.6 is 27.3 Å². The SMILES string of the molecule is O=C(Cc1cc(Br)cs1)NC1CCC(O)CC1. The molecule has 5 heteroatoms. The molecular formula is C12H16BrNO2S. The van der Waals surface area contributed by atoms with Crippen LogP contribution in [0.1, 0.15) is 30.6 Å². The van der Waals surface area contributed by atoms with Crippen LogP contribution in [0.15, 0.2) is 15.9 Å². The van der Waals surface area contributed by atoms with Gasteiger partial charge in [-0.3, -0.25) is 4.79 Å². The Morgan fingerprint density at radius 2 is 2.18 bits per heavy atom. The Morgan fingerprint density at radius 1 is 1.47 bits per heavy atom. The fraction of sp³-hybridized carbons (Fsp3) is 0.583. The first-order valence-corrected chi connectivity index (χ1v) is 7.51. The van der Waals surface area contributed by atoms with Crippen molar-refractivity contribution in [3.8, 4) is 0 Å². The lowest BCUT2D eigenvalue weighted by Crippen LogP contribution is -2.39. The molecule has 1 saturated carbocycles. The maximum absolute atomic E-state index is 11.8. The Labute approximate surface area is 113 Å². The molecule has 1 aliphatic carbocycles. The van der Waals surface area contributed by atoms with Crippen LogP contribution in [-0.2, 0) is 11.2 Å². The minimum Gasteiger partial charge on any atom is -0.393 e. The summed E-state index contributed by atoms with van der Waals surface area (Å²) in [4.78, 5) is 12.9. The number of rotatable bonds is 3. The number of aliphatic hydroxyl groups is 1. The van der Waals surface area contributed by atoms with Gasteiger partial charge in [-0.2, -0.15) is 0 Å². The maximum Gasteiger partial charge on any atom is 0.225 e. The monoisotopic (exact) mass is 317 g/mol. The van der Waals surface area contributed by atoms with E-state index in [0.29, 0.717) is 6.42 Å². The third-order valence-electron chi connectivity index (χ3n) is 3.02. The largest absolute Gasteiger partial charge is 0.393 e. The first-order valence-electron chi connectivity index (χ1n) is 5.84. The molecule has 0 unspecified atom stereocenters. The maximum atomic E-state index is 11.8. The quantitative estimate of drug-likeness (QED) is 0.899. The standard InChI is InChI=1S/C12H16BrNO2S/c13-8-5-11(17-7-8)6-12(16)14-9-1-3-10(15)4-2-9/h5,7,9-10,15H,1-4,6H2,(H,14,16). The van der Waals surface area contributed by atoms with E-state index in [0.717, 1.165) is 35.0 Å². The normalized spacial score (nSPS) is 24.6. The van der Waals surface area contributed by atoms with Crippen LogP contribution in [-0.4, -0.2) is 23.2 Å². The number of carbonyl (C=O) groups excluding carboxylic acids is 1.